The molecule has 0 aromatic carbocycles. The minimum atomic E-state index is 0.811. The summed E-state index contributed by atoms with van der Waals surface area (Å²) in [4.78, 5) is 4.13. The van der Waals surface area contributed by atoms with Gasteiger partial charge in [0.2, 0.25) is 0 Å². The van der Waals surface area contributed by atoms with Crippen LogP contribution >= 0.6 is 0 Å². The van der Waals surface area contributed by atoms with E-state index in [0.717, 1.165) is 11.5 Å². The Bertz CT molecular complexity index is 363. The Hall–Kier alpha value is -1.57. The monoisotopic (exact) mass is 231 g/mol. The molecular formula is C15H21NO. The second kappa shape index (κ2) is 8.57. The minimum Gasteiger partial charge on any atom is -0.463 e. The molecule has 0 aliphatic rings. The fourth-order valence-electron chi connectivity index (χ4n) is 1.43. The number of aromatic nitrogens is 1. The molecule has 0 N–H and O–H groups in total. The average molecular weight is 231 g/mol. The molecule has 2 heteroatoms. The zero-order valence-electron chi connectivity index (χ0n) is 10.7. The first kappa shape index (κ1) is 13.5. The van der Waals surface area contributed by atoms with Crippen molar-refractivity contribution in [3.8, 4) is 11.5 Å². The molecule has 0 saturated carbocycles. The van der Waals surface area contributed by atoms with Gasteiger partial charge in [0, 0.05) is 6.20 Å². The average Bonchev–Trinajstić information content (AvgIpc) is 2.92. The van der Waals surface area contributed by atoms with E-state index < -0.39 is 0 Å². The predicted molar refractivity (Wildman–Crippen MR) is 71.8 cm³/mol. The van der Waals surface area contributed by atoms with E-state index in [9.17, 15) is 0 Å². The minimum absolute atomic E-state index is 0.811. The molecule has 0 unspecified atom stereocenters. The first-order valence-electron chi connectivity index (χ1n) is 6.33. The maximum absolute atomic E-state index is 5.16. The standard InChI is InChI=1S/C9H7NO.C6H14/c1-2-6-10-8(4-1)9-5-3-7-11-9;1-3-5-6-4-2/h1-7H;3-6H2,1-2H3. The van der Waals surface area contributed by atoms with Crippen molar-refractivity contribution in [1.82, 2.24) is 4.98 Å². The van der Waals surface area contributed by atoms with Crippen LogP contribution in [0.5, 0.6) is 0 Å². The van der Waals surface area contributed by atoms with Crippen molar-refractivity contribution in [2.24, 2.45) is 0 Å². The summed E-state index contributed by atoms with van der Waals surface area (Å²) >= 11 is 0. The Kier molecular flexibility index (Phi) is 6.80. The molecule has 2 nitrogen and oxygen atoms in total. The third kappa shape index (κ3) is 5.34. The summed E-state index contributed by atoms with van der Waals surface area (Å²) in [5, 5.41) is 0. The van der Waals surface area contributed by atoms with E-state index in [1.54, 1.807) is 12.5 Å². The van der Waals surface area contributed by atoms with Gasteiger partial charge in [-0.1, -0.05) is 45.6 Å². The normalized spacial score (nSPS) is 9.53. The van der Waals surface area contributed by atoms with Crippen LogP contribution in [0.3, 0.4) is 0 Å². The highest BCUT2D eigenvalue weighted by Gasteiger charge is 1.97. The first-order chi connectivity index (χ1) is 8.38. The van der Waals surface area contributed by atoms with Crippen molar-refractivity contribution in [2.75, 3.05) is 0 Å². The molecule has 0 fully saturated rings. The van der Waals surface area contributed by atoms with Crippen LogP contribution in [-0.4, -0.2) is 4.98 Å². The van der Waals surface area contributed by atoms with Crippen molar-refractivity contribution < 1.29 is 4.42 Å². The molecule has 2 aromatic heterocycles. The summed E-state index contributed by atoms with van der Waals surface area (Å²) in [6.07, 6.45) is 8.93. The van der Waals surface area contributed by atoms with E-state index in [2.05, 4.69) is 18.8 Å². The Labute approximate surface area is 104 Å². The predicted octanol–water partition coefficient (Wildman–Crippen LogP) is 4.93. The lowest BCUT2D eigenvalue weighted by Crippen LogP contribution is -1.76. The number of nitrogens with zero attached hydrogens (tertiary/aromatic N) is 1. The molecule has 0 bridgehead atoms. The van der Waals surface area contributed by atoms with Gasteiger partial charge >= 0.3 is 0 Å². The van der Waals surface area contributed by atoms with E-state index >= 15 is 0 Å². The van der Waals surface area contributed by atoms with Crippen molar-refractivity contribution >= 4 is 0 Å². The summed E-state index contributed by atoms with van der Waals surface area (Å²) in [5.74, 6) is 0.811. The maximum atomic E-state index is 5.16. The molecule has 0 aliphatic heterocycles. The van der Waals surface area contributed by atoms with Crippen molar-refractivity contribution in [2.45, 2.75) is 39.5 Å². The number of rotatable bonds is 4. The van der Waals surface area contributed by atoms with Gasteiger partial charge in [-0.05, 0) is 24.3 Å². The van der Waals surface area contributed by atoms with Crippen molar-refractivity contribution in [1.29, 1.82) is 0 Å². The fourth-order valence-corrected chi connectivity index (χ4v) is 1.43. The van der Waals surface area contributed by atoms with Crippen LogP contribution in [0.25, 0.3) is 11.5 Å². The Morgan fingerprint density at radius 3 is 2.24 bits per heavy atom. The molecule has 0 aliphatic carbocycles. The lowest BCUT2D eigenvalue weighted by molar-refractivity contribution is 0.580. The van der Waals surface area contributed by atoms with Crippen LogP contribution in [0.2, 0.25) is 0 Å². The topological polar surface area (TPSA) is 26.0 Å². The molecule has 2 rings (SSSR count). The molecule has 2 heterocycles. The Morgan fingerprint density at radius 2 is 1.76 bits per heavy atom. The zero-order chi connectivity index (χ0) is 12.3. The number of pyridine rings is 1. The fraction of sp³-hybridized carbons (Fsp3) is 0.400. The van der Waals surface area contributed by atoms with Gasteiger partial charge in [0.05, 0.1) is 6.26 Å². The van der Waals surface area contributed by atoms with Crippen LogP contribution in [0.1, 0.15) is 39.5 Å². The summed E-state index contributed by atoms with van der Waals surface area (Å²) in [5.41, 5.74) is 0.873. The third-order valence-corrected chi connectivity index (χ3v) is 2.40. The third-order valence-electron chi connectivity index (χ3n) is 2.40. The van der Waals surface area contributed by atoms with E-state index in [1.807, 2.05) is 30.3 Å². The molecule has 0 radical (unpaired) electrons. The molecule has 92 valence electrons. The summed E-state index contributed by atoms with van der Waals surface area (Å²) in [7, 11) is 0. The first-order valence-corrected chi connectivity index (χ1v) is 6.33. The van der Waals surface area contributed by atoms with Gasteiger partial charge in [0.1, 0.15) is 5.69 Å². The Balaban J connectivity index is 0.000000209. The van der Waals surface area contributed by atoms with E-state index in [-0.39, 0.29) is 0 Å². The highest BCUT2D eigenvalue weighted by Crippen LogP contribution is 2.15. The zero-order valence-corrected chi connectivity index (χ0v) is 10.7. The number of unbranched alkanes of at least 4 members (excludes halogenated alkanes) is 3. The number of hydrogen-bond donors (Lipinski definition) is 0. The van der Waals surface area contributed by atoms with Crippen LogP contribution in [0, 0.1) is 0 Å². The maximum Gasteiger partial charge on any atom is 0.152 e. The van der Waals surface area contributed by atoms with E-state index in [0.29, 0.717) is 0 Å². The molecule has 0 amide bonds. The highest BCUT2D eigenvalue weighted by atomic mass is 16.3. The summed E-state index contributed by atoms with van der Waals surface area (Å²) < 4.78 is 5.16. The molecule has 0 saturated heterocycles. The van der Waals surface area contributed by atoms with Crippen molar-refractivity contribution in [3.05, 3.63) is 42.8 Å². The van der Waals surface area contributed by atoms with Gasteiger partial charge in [-0.15, -0.1) is 0 Å². The smallest absolute Gasteiger partial charge is 0.152 e. The molecule has 2 aromatic rings. The van der Waals surface area contributed by atoms with Gasteiger partial charge in [-0.3, -0.25) is 4.98 Å². The van der Waals surface area contributed by atoms with Crippen molar-refractivity contribution in [3.63, 3.8) is 0 Å². The largest absolute Gasteiger partial charge is 0.463 e. The van der Waals surface area contributed by atoms with E-state index in [4.69, 9.17) is 4.42 Å². The van der Waals surface area contributed by atoms with Gasteiger partial charge in [-0.25, -0.2) is 0 Å². The summed E-state index contributed by atoms with van der Waals surface area (Å²) in [6, 6.07) is 9.47. The van der Waals surface area contributed by atoms with Crippen LogP contribution < -0.4 is 0 Å². The Morgan fingerprint density at radius 1 is 1.00 bits per heavy atom. The molecule has 0 spiro atoms. The van der Waals surface area contributed by atoms with Crippen LogP contribution in [-0.2, 0) is 0 Å². The van der Waals surface area contributed by atoms with E-state index in [1.165, 1.54) is 25.7 Å². The molecule has 0 atom stereocenters. The highest BCUT2D eigenvalue weighted by molar-refractivity contribution is 5.50. The second-order valence-electron chi connectivity index (χ2n) is 3.90. The van der Waals surface area contributed by atoms with Gasteiger partial charge in [0.25, 0.3) is 0 Å². The molecule has 17 heavy (non-hydrogen) atoms. The molecular weight excluding hydrogens is 210 g/mol. The lowest BCUT2D eigenvalue weighted by Gasteiger charge is -1.91. The van der Waals surface area contributed by atoms with Crippen LogP contribution in [0.15, 0.2) is 47.2 Å². The number of hydrogen-bond acceptors (Lipinski definition) is 2. The van der Waals surface area contributed by atoms with Crippen LogP contribution in [0.4, 0.5) is 0 Å². The lowest BCUT2D eigenvalue weighted by atomic mass is 10.2. The van der Waals surface area contributed by atoms with Gasteiger partial charge < -0.3 is 4.42 Å². The SMILES string of the molecule is CCCCCC.c1ccc(-c2ccco2)nc1. The second-order valence-corrected chi connectivity index (χ2v) is 3.90. The van der Waals surface area contributed by atoms with Gasteiger partial charge in [0.15, 0.2) is 5.76 Å². The van der Waals surface area contributed by atoms with Gasteiger partial charge in [-0.2, -0.15) is 0 Å². The summed E-state index contributed by atoms with van der Waals surface area (Å²) in [6.45, 7) is 4.46. The number of furan rings is 1. The quantitative estimate of drug-likeness (QED) is 0.697.